The zero-order chi connectivity index (χ0) is 9.68. The second kappa shape index (κ2) is 4.51. The maximum absolute atomic E-state index is 11.1. The highest BCUT2D eigenvalue weighted by Crippen LogP contribution is 1.88. The molecule has 0 fully saturated rings. The number of hydrogen-bond acceptors (Lipinski definition) is 5. The van der Waals surface area contributed by atoms with Gasteiger partial charge in [0.1, 0.15) is 6.10 Å². The molecule has 0 aliphatic heterocycles. The molecule has 0 bridgehead atoms. The number of aromatic nitrogens is 4. The smallest absolute Gasteiger partial charge is 0.249 e. The fourth-order valence-electron chi connectivity index (χ4n) is 0.674. The van der Waals surface area contributed by atoms with Crippen LogP contribution in [0, 0.1) is 0 Å². The summed E-state index contributed by atoms with van der Waals surface area (Å²) >= 11 is 0. The molecule has 1 atom stereocenters. The number of hydrogen-bond donors (Lipinski definition) is 2. The molecule has 72 valence electrons. The van der Waals surface area contributed by atoms with E-state index in [-0.39, 0.29) is 12.5 Å². The van der Waals surface area contributed by atoms with Crippen LogP contribution >= 0.6 is 0 Å². The van der Waals surface area contributed by atoms with Gasteiger partial charge in [-0.1, -0.05) is 5.21 Å². The van der Waals surface area contributed by atoms with E-state index >= 15 is 0 Å². The Balaban J connectivity index is 2.31. The van der Waals surface area contributed by atoms with Gasteiger partial charge in [-0.3, -0.25) is 4.79 Å². The highest BCUT2D eigenvalue weighted by atomic mass is 16.5. The number of nitrogens with zero attached hydrogens (tertiary/aromatic N) is 3. The van der Waals surface area contributed by atoms with Gasteiger partial charge in [0.05, 0.1) is 6.54 Å². The fraction of sp³-hybridized carbons (Fsp3) is 0.667. The molecule has 1 heterocycles. The lowest BCUT2D eigenvalue weighted by atomic mass is 10.4. The second-order valence-corrected chi connectivity index (χ2v) is 2.42. The van der Waals surface area contributed by atoms with Gasteiger partial charge in [-0.15, -0.1) is 10.2 Å². The van der Waals surface area contributed by atoms with Gasteiger partial charge in [0.2, 0.25) is 5.91 Å². The SMILES string of the molecule is COC(C)C(=O)NCc1nn[nH]n1. The van der Waals surface area contributed by atoms with Crippen LogP contribution < -0.4 is 5.32 Å². The lowest BCUT2D eigenvalue weighted by Gasteiger charge is -2.08. The molecular formula is C6H11N5O2. The van der Waals surface area contributed by atoms with Crippen LogP contribution in [0.15, 0.2) is 0 Å². The molecule has 1 rings (SSSR count). The van der Waals surface area contributed by atoms with Crippen LogP contribution in [0.25, 0.3) is 0 Å². The summed E-state index contributed by atoms with van der Waals surface area (Å²) in [6, 6.07) is 0. The van der Waals surface area contributed by atoms with Crippen molar-refractivity contribution in [3.05, 3.63) is 5.82 Å². The number of amides is 1. The average Bonchev–Trinajstić information content (AvgIpc) is 2.65. The molecule has 13 heavy (non-hydrogen) atoms. The predicted molar refractivity (Wildman–Crippen MR) is 42.5 cm³/mol. The first kappa shape index (κ1) is 9.59. The minimum Gasteiger partial charge on any atom is -0.372 e. The Hall–Kier alpha value is -1.50. The number of carbonyl (C=O) groups is 1. The van der Waals surface area contributed by atoms with Gasteiger partial charge >= 0.3 is 0 Å². The van der Waals surface area contributed by atoms with Gasteiger partial charge in [-0.2, -0.15) is 5.21 Å². The number of tetrazole rings is 1. The maximum Gasteiger partial charge on any atom is 0.249 e. The molecule has 0 aliphatic rings. The van der Waals surface area contributed by atoms with E-state index in [1.165, 1.54) is 7.11 Å². The van der Waals surface area contributed by atoms with Gasteiger partial charge < -0.3 is 10.1 Å². The van der Waals surface area contributed by atoms with E-state index < -0.39 is 6.10 Å². The summed E-state index contributed by atoms with van der Waals surface area (Å²) in [7, 11) is 1.47. The number of aromatic amines is 1. The standard InChI is InChI=1S/C6H11N5O2/c1-4(13-2)6(12)7-3-5-8-10-11-9-5/h4H,3H2,1-2H3,(H,7,12)(H,8,9,10,11). The van der Waals surface area contributed by atoms with E-state index in [1.807, 2.05) is 0 Å². The Morgan fingerprint density at radius 2 is 2.54 bits per heavy atom. The van der Waals surface area contributed by atoms with Crippen LogP contribution in [-0.2, 0) is 16.1 Å². The maximum atomic E-state index is 11.1. The minimum atomic E-state index is -0.466. The van der Waals surface area contributed by atoms with E-state index in [2.05, 4.69) is 25.9 Å². The summed E-state index contributed by atoms with van der Waals surface area (Å²) in [5.41, 5.74) is 0. The Morgan fingerprint density at radius 3 is 3.08 bits per heavy atom. The Bertz CT molecular complexity index is 260. The Kier molecular flexibility index (Phi) is 3.32. The number of carbonyl (C=O) groups excluding carboxylic acids is 1. The predicted octanol–water partition coefficient (Wildman–Crippen LogP) is -1.15. The van der Waals surface area contributed by atoms with Gasteiger partial charge in [-0.25, -0.2) is 0 Å². The summed E-state index contributed by atoms with van der Waals surface area (Å²) in [6.45, 7) is 1.91. The number of rotatable bonds is 4. The topological polar surface area (TPSA) is 92.8 Å². The molecule has 0 aliphatic carbocycles. The monoisotopic (exact) mass is 185 g/mol. The third kappa shape index (κ3) is 2.79. The Labute approximate surface area is 74.9 Å². The third-order valence-electron chi connectivity index (χ3n) is 1.53. The summed E-state index contributed by atoms with van der Waals surface area (Å²) in [5.74, 6) is 0.240. The molecule has 0 spiro atoms. The van der Waals surface area contributed by atoms with Gasteiger partial charge in [0.25, 0.3) is 0 Å². The van der Waals surface area contributed by atoms with Crippen molar-refractivity contribution in [2.45, 2.75) is 19.6 Å². The molecule has 0 radical (unpaired) electrons. The molecule has 1 unspecified atom stereocenters. The molecular weight excluding hydrogens is 174 g/mol. The van der Waals surface area contributed by atoms with E-state index in [0.29, 0.717) is 5.82 Å². The summed E-state index contributed by atoms with van der Waals surface area (Å²) in [4.78, 5) is 11.1. The van der Waals surface area contributed by atoms with Crippen LogP contribution in [0.1, 0.15) is 12.7 Å². The molecule has 1 aromatic rings. The normalized spacial score (nSPS) is 12.5. The number of ether oxygens (including phenoxy) is 1. The molecule has 0 saturated heterocycles. The van der Waals surface area contributed by atoms with Gasteiger partial charge in [0, 0.05) is 7.11 Å². The van der Waals surface area contributed by atoms with Crippen molar-refractivity contribution >= 4 is 5.91 Å². The van der Waals surface area contributed by atoms with Crippen molar-refractivity contribution in [3.8, 4) is 0 Å². The van der Waals surface area contributed by atoms with E-state index in [0.717, 1.165) is 0 Å². The Morgan fingerprint density at radius 1 is 1.77 bits per heavy atom. The zero-order valence-electron chi connectivity index (χ0n) is 7.44. The molecule has 1 amide bonds. The quantitative estimate of drug-likeness (QED) is 0.618. The zero-order valence-corrected chi connectivity index (χ0v) is 7.44. The third-order valence-corrected chi connectivity index (χ3v) is 1.53. The number of nitrogens with one attached hydrogen (secondary N) is 2. The molecule has 7 nitrogen and oxygen atoms in total. The lowest BCUT2D eigenvalue weighted by molar-refractivity contribution is -0.130. The van der Waals surface area contributed by atoms with Crippen molar-refractivity contribution in [1.82, 2.24) is 25.9 Å². The molecule has 1 aromatic heterocycles. The van der Waals surface area contributed by atoms with Crippen LogP contribution in [0.3, 0.4) is 0 Å². The van der Waals surface area contributed by atoms with E-state index in [4.69, 9.17) is 4.74 Å². The first-order valence-electron chi connectivity index (χ1n) is 3.77. The first-order chi connectivity index (χ1) is 6.24. The highest BCUT2D eigenvalue weighted by Gasteiger charge is 2.11. The lowest BCUT2D eigenvalue weighted by Crippen LogP contribution is -2.33. The number of methoxy groups -OCH3 is 1. The van der Waals surface area contributed by atoms with Crippen molar-refractivity contribution in [3.63, 3.8) is 0 Å². The van der Waals surface area contributed by atoms with Crippen LogP contribution in [-0.4, -0.2) is 39.7 Å². The van der Waals surface area contributed by atoms with Crippen molar-refractivity contribution in [1.29, 1.82) is 0 Å². The van der Waals surface area contributed by atoms with Crippen LogP contribution in [0.2, 0.25) is 0 Å². The number of H-pyrrole nitrogens is 1. The largest absolute Gasteiger partial charge is 0.372 e. The second-order valence-electron chi connectivity index (χ2n) is 2.42. The van der Waals surface area contributed by atoms with E-state index in [1.54, 1.807) is 6.92 Å². The summed E-state index contributed by atoms with van der Waals surface area (Å²) < 4.78 is 4.81. The minimum absolute atomic E-state index is 0.202. The summed E-state index contributed by atoms with van der Waals surface area (Å²) in [5, 5.41) is 15.6. The van der Waals surface area contributed by atoms with Crippen molar-refractivity contribution in [2.75, 3.05) is 7.11 Å². The van der Waals surface area contributed by atoms with Crippen molar-refractivity contribution < 1.29 is 9.53 Å². The first-order valence-corrected chi connectivity index (χ1v) is 3.77. The van der Waals surface area contributed by atoms with Gasteiger partial charge in [0.15, 0.2) is 5.82 Å². The fourth-order valence-corrected chi connectivity index (χ4v) is 0.674. The molecule has 7 heteroatoms. The van der Waals surface area contributed by atoms with Gasteiger partial charge in [-0.05, 0) is 6.92 Å². The molecule has 0 aromatic carbocycles. The summed E-state index contributed by atoms with van der Waals surface area (Å²) in [6.07, 6.45) is -0.466. The van der Waals surface area contributed by atoms with Crippen LogP contribution in [0.4, 0.5) is 0 Å². The van der Waals surface area contributed by atoms with Crippen molar-refractivity contribution in [2.24, 2.45) is 0 Å². The van der Waals surface area contributed by atoms with E-state index in [9.17, 15) is 4.79 Å². The average molecular weight is 185 g/mol. The molecule has 2 N–H and O–H groups in total. The van der Waals surface area contributed by atoms with Crippen LogP contribution in [0.5, 0.6) is 0 Å². The molecule has 0 saturated carbocycles. The highest BCUT2D eigenvalue weighted by molar-refractivity contribution is 5.80.